The molecule has 0 saturated heterocycles. The van der Waals surface area contributed by atoms with Gasteiger partial charge in [-0.2, -0.15) is 0 Å². The van der Waals surface area contributed by atoms with Crippen LogP contribution in [0, 0.1) is 23.0 Å². The maximum atomic E-state index is 15.0. The zero-order chi connectivity index (χ0) is 21.7. The molecule has 6 nitrogen and oxygen atoms in total. The van der Waals surface area contributed by atoms with E-state index in [2.05, 4.69) is 5.32 Å². The Morgan fingerprint density at radius 3 is 2.48 bits per heavy atom. The third-order valence-electron chi connectivity index (χ3n) is 4.83. The van der Waals surface area contributed by atoms with E-state index in [0.717, 1.165) is 24.5 Å². The molecular formula is C22H26ClF2N3O3. The molecule has 31 heavy (non-hydrogen) atoms. The van der Waals surface area contributed by atoms with Crippen LogP contribution in [-0.4, -0.2) is 25.0 Å². The van der Waals surface area contributed by atoms with Gasteiger partial charge in [-0.1, -0.05) is 24.3 Å². The molecule has 2 aromatic rings. The van der Waals surface area contributed by atoms with E-state index >= 15 is 0 Å². The molecule has 1 saturated carbocycles. The molecule has 0 spiro atoms. The fourth-order valence-corrected chi connectivity index (χ4v) is 2.93. The van der Waals surface area contributed by atoms with E-state index in [4.69, 9.17) is 20.6 Å². The summed E-state index contributed by atoms with van der Waals surface area (Å²) in [5, 5.41) is 10.0. The number of carbonyl (C=O) groups excluding carboxylic acids is 1. The van der Waals surface area contributed by atoms with Gasteiger partial charge in [-0.15, -0.1) is 12.4 Å². The number of amidine groups is 1. The predicted octanol–water partition coefficient (Wildman–Crippen LogP) is 3.85. The number of hydrogen-bond acceptors (Lipinski definition) is 4. The Hall–Kier alpha value is -2.71. The van der Waals surface area contributed by atoms with Crippen LogP contribution in [0.3, 0.4) is 0 Å². The highest BCUT2D eigenvalue weighted by atomic mass is 35.5. The van der Waals surface area contributed by atoms with Gasteiger partial charge in [0, 0.05) is 18.7 Å². The van der Waals surface area contributed by atoms with E-state index in [1.54, 1.807) is 31.2 Å². The number of amides is 1. The Balaban J connectivity index is 0.00000341. The van der Waals surface area contributed by atoms with Gasteiger partial charge in [0.05, 0.1) is 12.2 Å². The SMILES string of the molecule is CCOC(C(=O)NCc1ccc(C(=N)N)cc1)c1c(F)ccc(OCC2CC2)c1F.Cl. The maximum Gasteiger partial charge on any atom is 0.254 e. The molecule has 1 amide bonds. The van der Waals surface area contributed by atoms with Gasteiger partial charge in [0.25, 0.3) is 5.91 Å². The molecule has 0 radical (unpaired) electrons. The summed E-state index contributed by atoms with van der Waals surface area (Å²) in [5.41, 5.74) is 6.26. The Morgan fingerprint density at radius 1 is 1.23 bits per heavy atom. The summed E-state index contributed by atoms with van der Waals surface area (Å²) >= 11 is 0. The maximum absolute atomic E-state index is 15.0. The van der Waals surface area contributed by atoms with Crippen molar-refractivity contribution in [3.05, 3.63) is 64.7 Å². The molecule has 1 fully saturated rings. The van der Waals surface area contributed by atoms with Crippen molar-refractivity contribution in [3.8, 4) is 5.75 Å². The van der Waals surface area contributed by atoms with Gasteiger partial charge in [0.1, 0.15) is 11.7 Å². The quantitative estimate of drug-likeness (QED) is 0.376. The molecule has 0 bridgehead atoms. The van der Waals surface area contributed by atoms with Gasteiger partial charge in [0.2, 0.25) is 0 Å². The summed E-state index contributed by atoms with van der Waals surface area (Å²) < 4.78 is 40.3. The Morgan fingerprint density at radius 2 is 1.90 bits per heavy atom. The second kappa shape index (κ2) is 11.1. The smallest absolute Gasteiger partial charge is 0.254 e. The van der Waals surface area contributed by atoms with Crippen LogP contribution in [0.15, 0.2) is 36.4 Å². The number of nitrogens with one attached hydrogen (secondary N) is 2. The number of carbonyl (C=O) groups is 1. The van der Waals surface area contributed by atoms with Gasteiger partial charge in [-0.25, -0.2) is 8.78 Å². The van der Waals surface area contributed by atoms with Crippen LogP contribution < -0.4 is 15.8 Å². The van der Waals surface area contributed by atoms with E-state index in [0.29, 0.717) is 18.1 Å². The second-order valence-corrected chi connectivity index (χ2v) is 7.19. The lowest BCUT2D eigenvalue weighted by Gasteiger charge is -2.20. The first-order valence-corrected chi connectivity index (χ1v) is 9.84. The Kier molecular flexibility index (Phi) is 8.76. The fraction of sp³-hybridized carbons (Fsp3) is 0.364. The Bertz CT molecular complexity index is 921. The van der Waals surface area contributed by atoms with Gasteiger partial charge in [-0.3, -0.25) is 10.2 Å². The minimum Gasteiger partial charge on any atom is -0.490 e. The highest BCUT2D eigenvalue weighted by Gasteiger charge is 2.30. The monoisotopic (exact) mass is 453 g/mol. The van der Waals surface area contributed by atoms with Crippen molar-refractivity contribution in [1.29, 1.82) is 5.41 Å². The molecule has 9 heteroatoms. The highest BCUT2D eigenvalue weighted by molar-refractivity contribution is 5.94. The van der Waals surface area contributed by atoms with Crippen molar-refractivity contribution < 1.29 is 23.0 Å². The van der Waals surface area contributed by atoms with E-state index in [-0.39, 0.29) is 37.1 Å². The predicted molar refractivity (Wildman–Crippen MR) is 115 cm³/mol. The molecular weight excluding hydrogens is 428 g/mol. The summed E-state index contributed by atoms with van der Waals surface area (Å²) in [6, 6.07) is 9.04. The number of nitrogens with two attached hydrogens (primary N) is 1. The minimum absolute atomic E-state index is 0. The first-order valence-electron chi connectivity index (χ1n) is 9.84. The molecule has 4 N–H and O–H groups in total. The number of rotatable bonds is 10. The lowest BCUT2D eigenvalue weighted by Crippen LogP contribution is -2.31. The second-order valence-electron chi connectivity index (χ2n) is 7.19. The molecule has 1 unspecified atom stereocenters. The molecule has 2 aromatic carbocycles. The molecule has 1 aliphatic rings. The summed E-state index contributed by atoms with van der Waals surface area (Å²) in [6.07, 6.45) is 0.621. The summed E-state index contributed by atoms with van der Waals surface area (Å²) in [5.74, 6) is -2.20. The van der Waals surface area contributed by atoms with E-state index < -0.39 is 29.2 Å². The first kappa shape index (κ1) is 24.6. The lowest BCUT2D eigenvalue weighted by molar-refractivity contribution is -0.133. The number of halogens is 3. The number of benzene rings is 2. The highest BCUT2D eigenvalue weighted by Crippen LogP contribution is 2.33. The van der Waals surface area contributed by atoms with Gasteiger partial charge in [0.15, 0.2) is 17.7 Å². The number of hydrogen-bond donors (Lipinski definition) is 3. The third kappa shape index (κ3) is 6.38. The van der Waals surface area contributed by atoms with Crippen LogP contribution in [0.1, 0.15) is 42.6 Å². The normalized spacial score (nSPS) is 13.8. The average Bonchev–Trinajstić information content (AvgIpc) is 3.55. The van der Waals surface area contributed by atoms with E-state index in [1.165, 1.54) is 6.07 Å². The molecule has 3 rings (SSSR count). The van der Waals surface area contributed by atoms with Crippen molar-refractivity contribution in [2.24, 2.45) is 11.7 Å². The lowest BCUT2D eigenvalue weighted by atomic mass is 10.1. The standard InChI is InChI=1S/C22H25F2N3O3.ClH/c1-2-29-20(22(28)27-11-13-5-7-15(8-6-13)21(25)26)18-16(23)9-10-17(19(18)24)30-12-14-3-4-14;/h5-10,14,20H,2-4,11-12H2,1H3,(H3,25,26)(H,27,28);1H. The molecule has 168 valence electrons. The molecule has 0 aromatic heterocycles. The number of nitrogen functional groups attached to an aromatic ring is 1. The van der Waals surface area contributed by atoms with Crippen LogP contribution in [0.5, 0.6) is 5.75 Å². The van der Waals surface area contributed by atoms with Gasteiger partial charge in [-0.05, 0) is 43.4 Å². The number of ether oxygens (including phenoxy) is 2. The van der Waals surface area contributed by atoms with Crippen molar-refractivity contribution in [2.45, 2.75) is 32.4 Å². The third-order valence-corrected chi connectivity index (χ3v) is 4.83. The summed E-state index contributed by atoms with van der Waals surface area (Å²) in [6.45, 7) is 2.23. The van der Waals surface area contributed by atoms with Crippen molar-refractivity contribution >= 4 is 24.1 Å². The molecule has 1 aliphatic carbocycles. The fourth-order valence-electron chi connectivity index (χ4n) is 2.93. The van der Waals surface area contributed by atoms with Crippen LogP contribution >= 0.6 is 12.4 Å². The molecule has 0 heterocycles. The topological polar surface area (TPSA) is 97.4 Å². The van der Waals surface area contributed by atoms with E-state index in [9.17, 15) is 13.6 Å². The minimum atomic E-state index is -1.45. The summed E-state index contributed by atoms with van der Waals surface area (Å²) in [7, 11) is 0. The Labute approximate surface area is 186 Å². The van der Waals surface area contributed by atoms with Gasteiger partial charge >= 0.3 is 0 Å². The summed E-state index contributed by atoms with van der Waals surface area (Å²) in [4.78, 5) is 12.7. The van der Waals surface area contributed by atoms with Crippen molar-refractivity contribution in [2.75, 3.05) is 13.2 Å². The van der Waals surface area contributed by atoms with Crippen LogP contribution in [0.4, 0.5) is 8.78 Å². The van der Waals surface area contributed by atoms with Crippen molar-refractivity contribution in [1.82, 2.24) is 5.32 Å². The van der Waals surface area contributed by atoms with Crippen molar-refractivity contribution in [3.63, 3.8) is 0 Å². The first-order chi connectivity index (χ1) is 14.4. The largest absolute Gasteiger partial charge is 0.490 e. The van der Waals surface area contributed by atoms with Crippen LogP contribution in [0.25, 0.3) is 0 Å². The van der Waals surface area contributed by atoms with Crippen LogP contribution in [-0.2, 0) is 16.1 Å². The average molecular weight is 454 g/mol. The zero-order valence-corrected chi connectivity index (χ0v) is 17.9. The van der Waals surface area contributed by atoms with E-state index in [1.807, 2.05) is 0 Å². The molecule has 1 atom stereocenters. The van der Waals surface area contributed by atoms with Crippen LogP contribution in [0.2, 0.25) is 0 Å². The zero-order valence-electron chi connectivity index (χ0n) is 17.1. The molecule has 0 aliphatic heterocycles. The van der Waals surface area contributed by atoms with Gasteiger partial charge < -0.3 is 20.5 Å².